The zero-order valence-electron chi connectivity index (χ0n) is 17.9. The molecule has 3 heterocycles. The maximum atomic E-state index is 11.6. The number of benzene rings is 2. The van der Waals surface area contributed by atoms with Crippen molar-refractivity contribution in [1.82, 2.24) is 20.2 Å². The Morgan fingerprint density at radius 1 is 1.03 bits per heavy atom. The summed E-state index contributed by atoms with van der Waals surface area (Å²) in [7, 11) is -3.39. The summed E-state index contributed by atoms with van der Waals surface area (Å²) >= 11 is 0. The van der Waals surface area contributed by atoms with Crippen molar-refractivity contribution < 1.29 is 13.2 Å². The second kappa shape index (κ2) is 8.68. The first kappa shape index (κ1) is 21.2. The molecule has 2 aromatic heterocycles. The van der Waals surface area contributed by atoms with Crippen LogP contribution in [0.1, 0.15) is 0 Å². The van der Waals surface area contributed by atoms with Crippen LogP contribution in [0.3, 0.4) is 0 Å². The van der Waals surface area contributed by atoms with E-state index in [-0.39, 0.29) is 0 Å². The smallest absolute Gasteiger partial charge is 0.229 e. The van der Waals surface area contributed by atoms with E-state index in [1.54, 1.807) is 24.4 Å². The summed E-state index contributed by atoms with van der Waals surface area (Å²) in [5.41, 5.74) is 4.47. The molecular formula is C22H23N7O3S. The van der Waals surface area contributed by atoms with Crippen molar-refractivity contribution >= 4 is 43.9 Å². The van der Waals surface area contributed by atoms with Crippen molar-refractivity contribution in [3.63, 3.8) is 0 Å². The van der Waals surface area contributed by atoms with Crippen LogP contribution in [-0.2, 0) is 14.8 Å². The van der Waals surface area contributed by atoms with Crippen molar-refractivity contribution in [1.29, 1.82) is 0 Å². The molecule has 5 rings (SSSR count). The van der Waals surface area contributed by atoms with Gasteiger partial charge >= 0.3 is 0 Å². The Morgan fingerprint density at radius 3 is 2.58 bits per heavy atom. The van der Waals surface area contributed by atoms with E-state index in [9.17, 15) is 8.42 Å². The van der Waals surface area contributed by atoms with Crippen molar-refractivity contribution in [2.24, 2.45) is 0 Å². The van der Waals surface area contributed by atoms with Crippen LogP contribution in [0, 0.1) is 0 Å². The molecule has 1 fully saturated rings. The van der Waals surface area contributed by atoms with Gasteiger partial charge in [0.2, 0.25) is 10.0 Å². The minimum absolute atomic E-state index is 0.444. The molecule has 0 aliphatic carbocycles. The molecule has 0 atom stereocenters. The molecule has 10 nitrogen and oxygen atoms in total. The van der Waals surface area contributed by atoms with E-state index >= 15 is 0 Å². The molecule has 0 saturated carbocycles. The summed E-state index contributed by atoms with van der Waals surface area (Å²) in [5, 5.41) is 10.4. The number of rotatable bonds is 6. The van der Waals surface area contributed by atoms with Crippen LogP contribution in [0.4, 0.5) is 22.9 Å². The number of anilines is 4. The Balaban J connectivity index is 1.45. The molecule has 0 unspecified atom stereocenters. The quantitative estimate of drug-likeness (QED) is 0.397. The Labute approximate surface area is 191 Å². The minimum atomic E-state index is -3.39. The highest BCUT2D eigenvalue weighted by atomic mass is 32.2. The molecule has 1 aliphatic heterocycles. The molecule has 0 radical (unpaired) electrons. The highest BCUT2D eigenvalue weighted by molar-refractivity contribution is 7.92. The SMILES string of the molecule is CS(=O)(=O)Nc1cccc(-c2nc(Nc3ccc(N4CCOCC4)cc3)c3[nH]ncc3n2)c1. The number of aromatic nitrogens is 4. The minimum Gasteiger partial charge on any atom is -0.378 e. The van der Waals surface area contributed by atoms with Crippen LogP contribution in [0.25, 0.3) is 22.4 Å². The number of morpholine rings is 1. The lowest BCUT2D eigenvalue weighted by Gasteiger charge is -2.28. The van der Waals surface area contributed by atoms with E-state index in [4.69, 9.17) is 9.72 Å². The van der Waals surface area contributed by atoms with Crippen LogP contribution >= 0.6 is 0 Å². The van der Waals surface area contributed by atoms with Gasteiger partial charge in [-0.15, -0.1) is 0 Å². The number of fused-ring (bicyclic) bond motifs is 1. The lowest BCUT2D eigenvalue weighted by Crippen LogP contribution is -2.36. The highest BCUT2D eigenvalue weighted by Crippen LogP contribution is 2.28. The largest absolute Gasteiger partial charge is 0.378 e. The summed E-state index contributed by atoms with van der Waals surface area (Å²) in [5.74, 6) is 1.03. The van der Waals surface area contributed by atoms with Crippen molar-refractivity contribution in [3.8, 4) is 11.4 Å². The molecule has 1 aliphatic rings. The Hall–Kier alpha value is -3.70. The number of nitrogens with zero attached hydrogens (tertiary/aromatic N) is 4. The molecule has 0 spiro atoms. The van der Waals surface area contributed by atoms with Gasteiger partial charge in [0.1, 0.15) is 11.0 Å². The van der Waals surface area contributed by atoms with Gasteiger partial charge in [-0.1, -0.05) is 12.1 Å². The molecule has 2 aromatic carbocycles. The number of H-pyrrole nitrogens is 1. The summed E-state index contributed by atoms with van der Waals surface area (Å²) in [6, 6.07) is 15.1. The molecule has 11 heteroatoms. The molecule has 4 aromatic rings. The molecular weight excluding hydrogens is 442 g/mol. The highest BCUT2D eigenvalue weighted by Gasteiger charge is 2.14. The molecule has 170 valence electrons. The lowest BCUT2D eigenvalue weighted by molar-refractivity contribution is 0.122. The first-order chi connectivity index (χ1) is 15.9. The number of hydrogen-bond donors (Lipinski definition) is 3. The molecule has 33 heavy (non-hydrogen) atoms. The van der Waals surface area contributed by atoms with Crippen LogP contribution in [-0.4, -0.2) is 61.1 Å². The van der Waals surface area contributed by atoms with Gasteiger partial charge in [0, 0.05) is 35.7 Å². The van der Waals surface area contributed by atoms with Gasteiger partial charge in [-0.2, -0.15) is 5.10 Å². The fraction of sp³-hybridized carbons (Fsp3) is 0.227. The van der Waals surface area contributed by atoms with Crippen LogP contribution < -0.4 is 14.9 Å². The third-order valence-electron chi connectivity index (χ3n) is 5.23. The predicted molar refractivity (Wildman–Crippen MR) is 128 cm³/mol. The normalized spacial score (nSPS) is 14.4. The van der Waals surface area contributed by atoms with E-state index in [0.29, 0.717) is 33.9 Å². The first-order valence-electron chi connectivity index (χ1n) is 10.4. The first-order valence-corrected chi connectivity index (χ1v) is 12.3. The Bertz CT molecular complexity index is 1380. The van der Waals surface area contributed by atoms with Crippen LogP contribution in [0.5, 0.6) is 0 Å². The predicted octanol–water partition coefficient (Wildman–Crippen LogP) is 2.97. The Kier molecular flexibility index (Phi) is 5.56. The summed E-state index contributed by atoms with van der Waals surface area (Å²) in [6.45, 7) is 3.24. The molecule has 0 bridgehead atoms. The number of aromatic amines is 1. The second-order valence-corrected chi connectivity index (χ2v) is 9.50. The summed E-state index contributed by atoms with van der Waals surface area (Å²) in [4.78, 5) is 11.6. The maximum Gasteiger partial charge on any atom is 0.229 e. The number of hydrogen-bond acceptors (Lipinski definition) is 8. The number of nitrogens with one attached hydrogen (secondary N) is 3. The van der Waals surface area contributed by atoms with Gasteiger partial charge in [0.25, 0.3) is 0 Å². The van der Waals surface area contributed by atoms with Gasteiger partial charge in [-0.3, -0.25) is 9.82 Å². The van der Waals surface area contributed by atoms with Gasteiger partial charge in [-0.25, -0.2) is 18.4 Å². The van der Waals surface area contributed by atoms with Crippen LogP contribution in [0.15, 0.2) is 54.7 Å². The molecule has 0 amide bonds. The topological polar surface area (TPSA) is 125 Å². The van der Waals surface area contributed by atoms with E-state index in [1.807, 2.05) is 18.2 Å². The zero-order chi connectivity index (χ0) is 22.8. The standard InChI is InChI=1S/C22H23N7O3S/c1-33(30,31)28-17-4-2-3-15(13-17)21-25-19-14-23-27-20(19)22(26-21)24-16-5-7-18(8-6-16)29-9-11-32-12-10-29/h2-8,13-14,28H,9-12H2,1H3,(H,23,27)(H,24,25,26). The second-order valence-electron chi connectivity index (χ2n) is 7.75. The van der Waals surface area contributed by atoms with Gasteiger partial charge in [0.05, 0.1) is 25.7 Å². The zero-order valence-corrected chi connectivity index (χ0v) is 18.8. The van der Waals surface area contributed by atoms with Gasteiger partial charge in [0.15, 0.2) is 11.6 Å². The number of sulfonamides is 1. The van der Waals surface area contributed by atoms with E-state index < -0.39 is 10.0 Å². The van der Waals surface area contributed by atoms with Crippen molar-refractivity contribution in [3.05, 3.63) is 54.7 Å². The van der Waals surface area contributed by atoms with Gasteiger partial charge < -0.3 is 15.0 Å². The van der Waals surface area contributed by atoms with Gasteiger partial charge in [-0.05, 0) is 36.4 Å². The molecule has 1 saturated heterocycles. The van der Waals surface area contributed by atoms with E-state index in [0.717, 1.165) is 43.9 Å². The summed E-state index contributed by atoms with van der Waals surface area (Å²) < 4.78 is 31.1. The fourth-order valence-corrected chi connectivity index (χ4v) is 4.26. The molecule has 3 N–H and O–H groups in total. The average molecular weight is 466 g/mol. The fourth-order valence-electron chi connectivity index (χ4n) is 3.71. The summed E-state index contributed by atoms with van der Waals surface area (Å²) in [6.07, 6.45) is 2.74. The maximum absolute atomic E-state index is 11.6. The third kappa shape index (κ3) is 4.89. The van der Waals surface area contributed by atoms with E-state index in [2.05, 4.69) is 42.3 Å². The number of ether oxygens (including phenoxy) is 1. The monoisotopic (exact) mass is 465 g/mol. The van der Waals surface area contributed by atoms with Crippen molar-refractivity contribution in [2.75, 3.05) is 47.5 Å². The third-order valence-corrected chi connectivity index (χ3v) is 5.84. The Morgan fingerprint density at radius 2 is 1.82 bits per heavy atom. The van der Waals surface area contributed by atoms with E-state index in [1.165, 1.54) is 0 Å². The van der Waals surface area contributed by atoms with Crippen molar-refractivity contribution in [2.45, 2.75) is 0 Å². The van der Waals surface area contributed by atoms with Crippen LogP contribution in [0.2, 0.25) is 0 Å². The lowest BCUT2D eigenvalue weighted by atomic mass is 10.2. The average Bonchev–Trinajstić information content (AvgIpc) is 3.28.